The maximum Gasteiger partial charge on any atom is 0.352 e. The Bertz CT molecular complexity index is 1050. The van der Waals surface area contributed by atoms with E-state index in [4.69, 9.17) is 9.47 Å². The van der Waals surface area contributed by atoms with E-state index in [0.29, 0.717) is 16.8 Å². The van der Waals surface area contributed by atoms with Crippen molar-refractivity contribution in [3.63, 3.8) is 0 Å². The van der Waals surface area contributed by atoms with Gasteiger partial charge in [-0.3, -0.25) is 0 Å². The Kier molecular flexibility index (Phi) is 6.99. The van der Waals surface area contributed by atoms with E-state index in [1.54, 1.807) is 23.5 Å². The molecule has 0 spiro atoms. The van der Waals surface area contributed by atoms with Crippen molar-refractivity contribution in [1.82, 2.24) is 4.98 Å². The average molecular weight is 419 g/mol. The molecule has 0 N–H and O–H groups in total. The van der Waals surface area contributed by atoms with Crippen LogP contribution in [0.1, 0.15) is 42.6 Å². The first-order valence-electron chi connectivity index (χ1n) is 9.53. The molecule has 2 aromatic heterocycles. The summed E-state index contributed by atoms with van der Waals surface area (Å²) < 4.78 is 11.3. The number of carbonyl (C=O) groups excluding carboxylic acids is 1. The molecule has 0 amide bonds. The van der Waals surface area contributed by atoms with Crippen molar-refractivity contribution in [1.29, 1.82) is 5.26 Å². The summed E-state index contributed by atoms with van der Waals surface area (Å²) >= 11 is 1.55. The van der Waals surface area contributed by atoms with E-state index in [-0.39, 0.29) is 18.4 Å². The molecule has 1 atom stereocenters. The number of ether oxygens (including phenoxy) is 2. The Morgan fingerprint density at radius 3 is 2.63 bits per heavy atom. The summed E-state index contributed by atoms with van der Waals surface area (Å²) in [4.78, 5) is 18.3. The van der Waals surface area contributed by atoms with Crippen molar-refractivity contribution in [3.05, 3.63) is 83.3 Å². The molecule has 1 unspecified atom stereocenters. The van der Waals surface area contributed by atoms with E-state index in [1.165, 1.54) is 6.08 Å². The molecule has 5 nitrogen and oxygen atoms in total. The second-order valence-corrected chi connectivity index (χ2v) is 7.80. The maximum atomic E-state index is 12.7. The molecule has 3 rings (SSSR count). The molecule has 0 aliphatic heterocycles. The van der Waals surface area contributed by atoms with Crippen LogP contribution in [0.15, 0.2) is 66.6 Å². The SMILES string of the molecule is C=CCOC(=O)C(Oc1nc(-c2cccs2)cc(C(C)C)c1C#N)c1ccccc1. The lowest BCUT2D eigenvalue weighted by Crippen LogP contribution is -2.22. The lowest BCUT2D eigenvalue weighted by atomic mass is 9.98. The summed E-state index contributed by atoms with van der Waals surface area (Å²) in [5, 5.41) is 11.8. The van der Waals surface area contributed by atoms with Gasteiger partial charge >= 0.3 is 5.97 Å². The smallest absolute Gasteiger partial charge is 0.352 e. The number of hydrogen-bond acceptors (Lipinski definition) is 6. The number of nitriles is 1. The van der Waals surface area contributed by atoms with E-state index >= 15 is 0 Å². The summed E-state index contributed by atoms with van der Waals surface area (Å²) in [5.41, 5.74) is 2.46. The number of rotatable bonds is 8. The fourth-order valence-corrected chi connectivity index (χ4v) is 3.64. The predicted octanol–water partition coefficient (Wildman–Crippen LogP) is 5.65. The quantitative estimate of drug-likeness (QED) is 0.349. The van der Waals surface area contributed by atoms with Crippen LogP contribution in [0.3, 0.4) is 0 Å². The van der Waals surface area contributed by atoms with Gasteiger partial charge < -0.3 is 9.47 Å². The molecule has 0 fully saturated rings. The van der Waals surface area contributed by atoms with Gasteiger partial charge in [0.15, 0.2) is 0 Å². The molecule has 152 valence electrons. The van der Waals surface area contributed by atoms with Crippen LogP contribution in [0, 0.1) is 11.3 Å². The molecule has 0 saturated heterocycles. The Balaban J connectivity index is 2.10. The van der Waals surface area contributed by atoms with Gasteiger partial charge in [-0.05, 0) is 29.0 Å². The number of esters is 1. The van der Waals surface area contributed by atoms with Gasteiger partial charge in [0.05, 0.1) is 10.6 Å². The summed E-state index contributed by atoms with van der Waals surface area (Å²) in [6.45, 7) is 7.65. The highest BCUT2D eigenvalue weighted by Gasteiger charge is 2.27. The lowest BCUT2D eigenvalue weighted by molar-refractivity contribution is -0.151. The zero-order chi connectivity index (χ0) is 21.5. The van der Waals surface area contributed by atoms with Crippen molar-refractivity contribution < 1.29 is 14.3 Å². The Morgan fingerprint density at radius 1 is 1.27 bits per heavy atom. The second kappa shape index (κ2) is 9.86. The molecular formula is C24H22N2O3S. The fourth-order valence-electron chi connectivity index (χ4n) is 2.95. The van der Waals surface area contributed by atoms with Crippen molar-refractivity contribution in [2.75, 3.05) is 6.61 Å². The third-order valence-corrected chi connectivity index (χ3v) is 5.31. The topological polar surface area (TPSA) is 72.2 Å². The van der Waals surface area contributed by atoms with Crippen LogP contribution >= 0.6 is 11.3 Å². The van der Waals surface area contributed by atoms with E-state index < -0.39 is 12.1 Å². The van der Waals surface area contributed by atoms with Gasteiger partial charge in [0.1, 0.15) is 18.2 Å². The molecule has 0 radical (unpaired) electrons. The van der Waals surface area contributed by atoms with Crippen molar-refractivity contribution >= 4 is 17.3 Å². The third-order valence-electron chi connectivity index (χ3n) is 4.41. The Hall–Kier alpha value is -3.43. The summed E-state index contributed by atoms with van der Waals surface area (Å²) in [5.74, 6) is -0.373. The number of thiophene rings is 1. The van der Waals surface area contributed by atoms with Gasteiger partial charge in [0.25, 0.3) is 0 Å². The number of pyridine rings is 1. The summed E-state index contributed by atoms with van der Waals surface area (Å²) in [7, 11) is 0. The minimum Gasteiger partial charge on any atom is -0.458 e. The standard InChI is InChI=1S/C24H22N2O3S/c1-4-12-28-24(27)22(17-9-6-5-7-10-17)29-23-19(15-25)18(16(2)3)14-20(26-23)21-11-8-13-30-21/h4-11,13-14,16,22H,1,12H2,2-3H3. The monoisotopic (exact) mass is 418 g/mol. The van der Waals surface area contributed by atoms with E-state index in [0.717, 1.165) is 10.4 Å². The number of carbonyl (C=O) groups is 1. The lowest BCUT2D eigenvalue weighted by Gasteiger charge is -2.20. The molecule has 1 aromatic carbocycles. The van der Waals surface area contributed by atoms with Crippen LogP contribution < -0.4 is 4.74 Å². The highest BCUT2D eigenvalue weighted by atomic mass is 32.1. The van der Waals surface area contributed by atoms with Crippen LogP contribution in [0.5, 0.6) is 5.88 Å². The van der Waals surface area contributed by atoms with Crippen molar-refractivity contribution in [3.8, 4) is 22.5 Å². The highest BCUT2D eigenvalue weighted by Crippen LogP contribution is 2.34. The molecule has 3 aromatic rings. The highest BCUT2D eigenvalue weighted by molar-refractivity contribution is 7.13. The molecular weight excluding hydrogens is 396 g/mol. The number of aromatic nitrogens is 1. The van der Waals surface area contributed by atoms with Crippen LogP contribution in [0.25, 0.3) is 10.6 Å². The zero-order valence-corrected chi connectivity index (χ0v) is 17.7. The minimum atomic E-state index is -1.05. The zero-order valence-electron chi connectivity index (χ0n) is 16.9. The average Bonchev–Trinajstić information content (AvgIpc) is 3.30. The van der Waals surface area contributed by atoms with Gasteiger partial charge in [-0.2, -0.15) is 5.26 Å². The van der Waals surface area contributed by atoms with Crippen molar-refractivity contribution in [2.24, 2.45) is 0 Å². The van der Waals surface area contributed by atoms with E-state index in [1.807, 2.05) is 55.6 Å². The normalized spacial score (nSPS) is 11.5. The predicted molar refractivity (Wildman–Crippen MR) is 117 cm³/mol. The summed E-state index contributed by atoms with van der Waals surface area (Å²) in [6.07, 6.45) is 0.442. The molecule has 30 heavy (non-hydrogen) atoms. The largest absolute Gasteiger partial charge is 0.458 e. The molecule has 6 heteroatoms. The maximum absolute atomic E-state index is 12.7. The molecule has 0 aliphatic rings. The fraction of sp³-hybridized carbons (Fsp3) is 0.208. The van der Waals surface area contributed by atoms with Crippen LogP contribution in [-0.4, -0.2) is 17.6 Å². The second-order valence-electron chi connectivity index (χ2n) is 6.85. The van der Waals surface area contributed by atoms with Crippen LogP contribution in [0.2, 0.25) is 0 Å². The number of nitrogens with zero attached hydrogens (tertiary/aromatic N) is 2. The first-order valence-corrected chi connectivity index (χ1v) is 10.4. The van der Waals surface area contributed by atoms with Gasteiger partial charge in [0.2, 0.25) is 12.0 Å². The first kappa shape index (κ1) is 21.3. The van der Waals surface area contributed by atoms with E-state index in [2.05, 4.69) is 17.6 Å². The third kappa shape index (κ3) is 4.76. The van der Waals surface area contributed by atoms with Crippen molar-refractivity contribution in [2.45, 2.75) is 25.9 Å². The Labute approximate surface area is 180 Å². The number of benzene rings is 1. The van der Waals surface area contributed by atoms with Crippen LogP contribution in [-0.2, 0) is 9.53 Å². The molecule has 2 heterocycles. The minimum absolute atomic E-state index is 0.0660. The first-order chi connectivity index (χ1) is 14.5. The van der Waals surface area contributed by atoms with Crippen LogP contribution in [0.4, 0.5) is 0 Å². The number of hydrogen-bond donors (Lipinski definition) is 0. The van der Waals surface area contributed by atoms with E-state index in [9.17, 15) is 10.1 Å². The summed E-state index contributed by atoms with van der Waals surface area (Å²) in [6, 6.07) is 17.0. The van der Waals surface area contributed by atoms with Gasteiger partial charge in [-0.15, -0.1) is 11.3 Å². The molecule has 0 saturated carbocycles. The van der Waals surface area contributed by atoms with Gasteiger partial charge in [0, 0.05) is 5.56 Å². The molecule has 0 aliphatic carbocycles. The van der Waals surface area contributed by atoms with Gasteiger partial charge in [-0.25, -0.2) is 9.78 Å². The van der Waals surface area contributed by atoms with Gasteiger partial charge in [-0.1, -0.05) is 62.9 Å². The molecule has 0 bridgehead atoms. The Morgan fingerprint density at radius 2 is 2.03 bits per heavy atom.